The lowest BCUT2D eigenvalue weighted by molar-refractivity contribution is 0.174. The molecule has 1 aromatic heterocycles. The molecular weight excluding hydrogens is 394 g/mol. The zero-order valence-corrected chi connectivity index (χ0v) is 17.2. The van der Waals surface area contributed by atoms with Gasteiger partial charge < -0.3 is 24.6 Å². The van der Waals surface area contributed by atoms with Crippen LogP contribution in [0.25, 0.3) is 11.3 Å². The number of carbonyl (C=O) groups excluding carboxylic acids is 1. The van der Waals surface area contributed by atoms with Gasteiger partial charge in [0.05, 0.1) is 5.69 Å². The van der Waals surface area contributed by atoms with Crippen molar-refractivity contribution in [2.75, 3.05) is 43.2 Å². The molecule has 0 bridgehead atoms. The first-order chi connectivity index (χ1) is 15.2. The zero-order chi connectivity index (χ0) is 21.2. The second kappa shape index (κ2) is 8.14. The van der Waals surface area contributed by atoms with Gasteiger partial charge in [0.25, 0.3) is 0 Å². The van der Waals surface area contributed by atoms with E-state index >= 15 is 0 Å². The van der Waals surface area contributed by atoms with Crippen LogP contribution in [0.4, 0.5) is 16.3 Å². The van der Waals surface area contributed by atoms with Crippen molar-refractivity contribution in [1.82, 2.24) is 15.1 Å². The summed E-state index contributed by atoms with van der Waals surface area (Å²) in [6, 6.07) is 17.4. The lowest BCUT2D eigenvalue weighted by atomic mass is 10.1. The summed E-state index contributed by atoms with van der Waals surface area (Å²) in [4.78, 5) is 16.5. The van der Waals surface area contributed by atoms with Crippen LogP contribution in [0.2, 0.25) is 0 Å². The molecule has 0 atom stereocenters. The number of nitrogens with one attached hydrogen (secondary N) is 1. The van der Waals surface area contributed by atoms with E-state index in [9.17, 15) is 4.79 Å². The monoisotopic (exact) mass is 417 g/mol. The van der Waals surface area contributed by atoms with E-state index in [4.69, 9.17) is 9.47 Å². The molecule has 3 heterocycles. The first-order valence-electron chi connectivity index (χ1n) is 10.3. The second-order valence-corrected chi connectivity index (χ2v) is 7.62. The maximum Gasteiger partial charge on any atom is 0.321 e. The molecule has 0 radical (unpaired) electrons. The highest BCUT2D eigenvalue weighted by Crippen LogP contribution is 2.35. The molecule has 1 fully saturated rings. The summed E-state index contributed by atoms with van der Waals surface area (Å²) >= 11 is 0. The topological polar surface area (TPSA) is 79.8 Å². The molecule has 2 aromatic carbocycles. The van der Waals surface area contributed by atoms with Gasteiger partial charge in [0.15, 0.2) is 17.3 Å². The number of carbonyl (C=O) groups is 1. The third-order valence-electron chi connectivity index (χ3n) is 5.48. The fourth-order valence-electron chi connectivity index (χ4n) is 3.77. The number of aryl methyl sites for hydroxylation is 1. The Morgan fingerprint density at radius 3 is 2.55 bits per heavy atom. The summed E-state index contributed by atoms with van der Waals surface area (Å²) in [6.07, 6.45) is 0. The Bertz CT molecular complexity index is 1090. The molecule has 0 saturated carbocycles. The van der Waals surface area contributed by atoms with Gasteiger partial charge in [-0.2, -0.15) is 0 Å². The minimum Gasteiger partial charge on any atom is -0.454 e. The van der Waals surface area contributed by atoms with E-state index in [1.807, 2.05) is 66.4 Å². The van der Waals surface area contributed by atoms with E-state index < -0.39 is 0 Å². The predicted octanol–water partition coefficient (Wildman–Crippen LogP) is 3.53. The predicted molar refractivity (Wildman–Crippen MR) is 118 cm³/mol. The minimum atomic E-state index is -0.0745. The van der Waals surface area contributed by atoms with E-state index in [1.54, 1.807) is 0 Å². The molecule has 8 nitrogen and oxygen atoms in total. The van der Waals surface area contributed by atoms with E-state index in [2.05, 4.69) is 20.4 Å². The number of rotatable bonds is 3. The summed E-state index contributed by atoms with van der Waals surface area (Å²) in [5, 5.41) is 11.8. The van der Waals surface area contributed by atoms with Crippen LogP contribution in [0.5, 0.6) is 11.5 Å². The van der Waals surface area contributed by atoms with Crippen molar-refractivity contribution in [3.8, 4) is 22.8 Å². The zero-order valence-electron chi connectivity index (χ0n) is 17.2. The molecule has 0 unspecified atom stereocenters. The van der Waals surface area contributed by atoms with Gasteiger partial charge in [-0.25, -0.2) is 4.79 Å². The van der Waals surface area contributed by atoms with Gasteiger partial charge in [-0.1, -0.05) is 12.1 Å². The third-order valence-corrected chi connectivity index (χ3v) is 5.48. The van der Waals surface area contributed by atoms with E-state index in [-0.39, 0.29) is 12.8 Å². The smallest absolute Gasteiger partial charge is 0.321 e. The molecule has 31 heavy (non-hydrogen) atoms. The first kappa shape index (κ1) is 19.2. The van der Waals surface area contributed by atoms with Crippen molar-refractivity contribution >= 4 is 17.5 Å². The van der Waals surface area contributed by atoms with E-state index in [0.29, 0.717) is 26.2 Å². The molecule has 3 aromatic rings. The number of hydrogen-bond acceptors (Lipinski definition) is 6. The lowest BCUT2D eigenvalue weighted by Gasteiger charge is -2.35. The summed E-state index contributed by atoms with van der Waals surface area (Å²) in [7, 11) is 0. The largest absolute Gasteiger partial charge is 0.454 e. The molecule has 8 heteroatoms. The second-order valence-electron chi connectivity index (χ2n) is 7.62. The summed E-state index contributed by atoms with van der Waals surface area (Å²) in [6.45, 7) is 4.93. The normalized spacial score (nSPS) is 15.1. The van der Waals surface area contributed by atoms with Crippen molar-refractivity contribution in [3.05, 3.63) is 60.2 Å². The Morgan fingerprint density at radius 1 is 0.935 bits per heavy atom. The number of amides is 2. The average Bonchev–Trinajstić information content (AvgIpc) is 3.27. The lowest BCUT2D eigenvalue weighted by Crippen LogP contribution is -2.50. The summed E-state index contributed by atoms with van der Waals surface area (Å²) < 4.78 is 10.8. The Morgan fingerprint density at radius 2 is 1.77 bits per heavy atom. The van der Waals surface area contributed by atoms with Crippen LogP contribution in [-0.2, 0) is 0 Å². The number of anilines is 2. The molecule has 2 amide bonds. The van der Waals surface area contributed by atoms with Crippen LogP contribution >= 0.6 is 0 Å². The number of ether oxygens (including phenoxy) is 2. The Kier molecular flexibility index (Phi) is 5.03. The molecule has 0 aliphatic carbocycles. The number of aromatic nitrogens is 2. The fraction of sp³-hybridized carbons (Fsp3) is 0.261. The number of hydrogen-bond donors (Lipinski definition) is 1. The van der Waals surface area contributed by atoms with Crippen LogP contribution in [0, 0.1) is 6.92 Å². The highest BCUT2D eigenvalue weighted by Gasteiger charge is 2.22. The molecule has 2 aliphatic heterocycles. The van der Waals surface area contributed by atoms with Crippen LogP contribution in [0.15, 0.2) is 54.6 Å². The molecule has 2 aliphatic rings. The number of benzene rings is 2. The van der Waals surface area contributed by atoms with E-state index in [1.165, 1.54) is 0 Å². The standard InChI is InChI=1S/C23H23N5O3/c1-16-3-2-4-18(13-16)24-23(29)28-11-9-27(10-12-28)22-8-6-19(25-26-22)17-5-7-20-21(14-17)31-15-30-20/h2-8,13-14H,9-12,15H2,1H3,(H,24,29). The van der Waals surface area contributed by atoms with Crippen LogP contribution < -0.4 is 19.7 Å². The third kappa shape index (κ3) is 4.09. The summed E-state index contributed by atoms with van der Waals surface area (Å²) in [5.41, 5.74) is 3.64. The highest BCUT2D eigenvalue weighted by molar-refractivity contribution is 5.89. The van der Waals surface area contributed by atoms with Gasteiger partial charge in [0.1, 0.15) is 0 Å². The number of nitrogens with zero attached hydrogens (tertiary/aromatic N) is 4. The highest BCUT2D eigenvalue weighted by atomic mass is 16.7. The van der Waals surface area contributed by atoms with E-state index in [0.717, 1.165) is 39.8 Å². The first-order valence-corrected chi connectivity index (χ1v) is 10.3. The Labute approximate surface area is 180 Å². The van der Waals surface area contributed by atoms with Crippen LogP contribution in [0.3, 0.4) is 0 Å². The van der Waals surface area contributed by atoms with Gasteiger partial charge >= 0.3 is 6.03 Å². The number of fused-ring (bicyclic) bond motifs is 1. The van der Waals surface area contributed by atoms with Crippen LogP contribution in [-0.4, -0.2) is 54.1 Å². The quantitative estimate of drug-likeness (QED) is 0.702. The molecule has 1 N–H and O–H groups in total. The van der Waals surface area contributed by atoms with Gasteiger partial charge in [-0.3, -0.25) is 0 Å². The maximum absolute atomic E-state index is 12.6. The number of piperazine rings is 1. The van der Waals surface area contributed by atoms with Crippen molar-refractivity contribution < 1.29 is 14.3 Å². The van der Waals surface area contributed by atoms with Crippen molar-refractivity contribution in [2.45, 2.75) is 6.92 Å². The molecular formula is C23H23N5O3. The molecule has 158 valence electrons. The van der Waals surface area contributed by atoms with Crippen LogP contribution in [0.1, 0.15) is 5.56 Å². The van der Waals surface area contributed by atoms with Gasteiger partial charge in [0.2, 0.25) is 6.79 Å². The van der Waals surface area contributed by atoms with Gasteiger partial charge in [-0.05, 0) is 55.0 Å². The Balaban J connectivity index is 1.19. The molecule has 1 saturated heterocycles. The average molecular weight is 417 g/mol. The van der Waals surface area contributed by atoms with Crippen molar-refractivity contribution in [2.24, 2.45) is 0 Å². The van der Waals surface area contributed by atoms with Crippen molar-refractivity contribution in [3.63, 3.8) is 0 Å². The fourth-order valence-corrected chi connectivity index (χ4v) is 3.77. The van der Waals surface area contributed by atoms with Crippen molar-refractivity contribution in [1.29, 1.82) is 0 Å². The Hall–Kier alpha value is -3.81. The SMILES string of the molecule is Cc1cccc(NC(=O)N2CCN(c3ccc(-c4ccc5c(c4)OCO5)nn3)CC2)c1. The maximum atomic E-state index is 12.6. The molecule has 0 spiro atoms. The molecule has 5 rings (SSSR count). The number of urea groups is 1. The van der Waals surface area contributed by atoms with Gasteiger partial charge in [-0.15, -0.1) is 10.2 Å². The van der Waals surface area contributed by atoms with Gasteiger partial charge in [0, 0.05) is 37.4 Å². The minimum absolute atomic E-state index is 0.0745. The summed E-state index contributed by atoms with van der Waals surface area (Å²) in [5.74, 6) is 2.28.